The van der Waals surface area contributed by atoms with Crippen molar-refractivity contribution in [3.63, 3.8) is 0 Å². The van der Waals surface area contributed by atoms with Gasteiger partial charge < -0.3 is 13.9 Å². The number of anilines is 3. The lowest BCUT2D eigenvalue weighted by Gasteiger charge is -2.26. The predicted octanol–water partition coefficient (Wildman–Crippen LogP) is 14.6. The Morgan fingerprint density at radius 3 is 1.80 bits per heavy atom. The number of aromatic nitrogens is 1. The molecule has 0 aliphatic heterocycles. The number of nitrogens with zero attached hydrogens (tertiary/aromatic N) is 2. The maximum Gasteiger partial charge on any atom is 0.136 e. The van der Waals surface area contributed by atoms with Gasteiger partial charge in [-0.05, 0) is 112 Å². The molecule has 55 heavy (non-hydrogen) atoms. The molecule has 3 heteroatoms. The molecule has 0 N–H and O–H groups in total. The fourth-order valence-electron chi connectivity index (χ4n) is 8.38. The number of fused-ring (bicyclic) bond motifs is 8. The highest BCUT2D eigenvalue weighted by molar-refractivity contribution is 6.19. The van der Waals surface area contributed by atoms with Gasteiger partial charge in [-0.3, -0.25) is 0 Å². The van der Waals surface area contributed by atoms with Crippen LogP contribution in [0.2, 0.25) is 0 Å². The zero-order chi connectivity index (χ0) is 36.3. The molecule has 0 aliphatic carbocycles. The summed E-state index contributed by atoms with van der Waals surface area (Å²) in [6, 6.07) is 74.0. The van der Waals surface area contributed by atoms with Crippen molar-refractivity contribution in [3.05, 3.63) is 206 Å². The number of hydrogen-bond acceptors (Lipinski definition) is 2. The Balaban J connectivity index is 0.989. The largest absolute Gasteiger partial charge is 0.456 e. The van der Waals surface area contributed by atoms with Gasteiger partial charge in [-0.25, -0.2) is 0 Å². The normalized spacial score (nSPS) is 11.6. The molecule has 0 atom stereocenters. The molecule has 258 valence electrons. The van der Waals surface area contributed by atoms with E-state index in [-0.39, 0.29) is 0 Å². The SMILES string of the molecule is c1ccc(N(c2ccc(-c3cccc(-c4ccc5ccc6oc7ccccc7c6c5c4)c3)cc2)c2ccc3c4ccccc4n(-c4ccccc4)c3c2)cc1. The van der Waals surface area contributed by atoms with Gasteiger partial charge in [-0.15, -0.1) is 0 Å². The summed E-state index contributed by atoms with van der Waals surface area (Å²) in [4.78, 5) is 2.35. The first-order valence-corrected chi connectivity index (χ1v) is 18.8. The molecule has 3 nitrogen and oxygen atoms in total. The molecule has 0 fully saturated rings. The average molecular weight is 703 g/mol. The molecule has 0 amide bonds. The van der Waals surface area contributed by atoms with Crippen LogP contribution in [0.3, 0.4) is 0 Å². The van der Waals surface area contributed by atoms with E-state index < -0.39 is 0 Å². The average Bonchev–Trinajstić information content (AvgIpc) is 3.80. The number of hydrogen-bond donors (Lipinski definition) is 0. The van der Waals surface area contributed by atoms with E-state index in [2.05, 4.69) is 204 Å². The van der Waals surface area contributed by atoms with Crippen molar-refractivity contribution >= 4 is 71.6 Å². The third-order valence-corrected chi connectivity index (χ3v) is 11.0. The van der Waals surface area contributed by atoms with Crippen LogP contribution >= 0.6 is 0 Å². The summed E-state index contributed by atoms with van der Waals surface area (Å²) < 4.78 is 8.59. The molecule has 2 aromatic heterocycles. The smallest absolute Gasteiger partial charge is 0.136 e. The minimum atomic E-state index is 0.919. The van der Waals surface area contributed by atoms with Crippen LogP contribution < -0.4 is 4.90 Å². The molecule has 2 heterocycles. The second kappa shape index (κ2) is 12.6. The van der Waals surface area contributed by atoms with Gasteiger partial charge in [-0.2, -0.15) is 0 Å². The van der Waals surface area contributed by atoms with E-state index >= 15 is 0 Å². The van der Waals surface area contributed by atoms with E-state index in [1.54, 1.807) is 0 Å². The third-order valence-electron chi connectivity index (χ3n) is 11.0. The topological polar surface area (TPSA) is 21.3 Å². The Bertz CT molecular complexity index is 3190. The Morgan fingerprint density at radius 1 is 0.345 bits per heavy atom. The van der Waals surface area contributed by atoms with E-state index in [1.165, 1.54) is 60.2 Å². The highest BCUT2D eigenvalue weighted by Gasteiger charge is 2.18. The van der Waals surface area contributed by atoms with Crippen molar-refractivity contribution in [1.82, 2.24) is 4.57 Å². The fourth-order valence-corrected chi connectivity index (χ4v) is 8.38. The second-order valence-corrected chi connectivity index (χ2v) is 14.2. The highest BCUT2D eigenvalue weighted by atomic mass is 16.3. The number of rotatable bonds is 6. The first-order chi connectivity index (χ1) is 27.3. The summed E-state index contributed by atoms with van der Waals surface area (Å²) in [6.45, 7) is 0. The van der Waals surface area contributed by atoms with Gasteiger partial charge >= 0.3 is 0 Å². The quantitative estimate of drug-likeness (QED) is 0.172. The van der Waals surface area contributed by atoms with Crippen molar-refractivity contribution < 1.29 is 4.42 Å². The molecular formula is C52H34N2O. The minimum Gasteiger partial charge on any atom is -0.456 e. The number of para-hydroxylation sites is 4. The third kappa shape index (κ3) is 5.20. The van der Waals surface area contributed by atoms with Gasteiger partial charge in [0.1, 0.15) is 11.2 Å². The minimum absolute atomic E-state index is 0.919. The van der Waals surface area contributed by atoms with Crippen molar-refractivity contribution in [2.45, 2.75) is 0 Å². The molecule has 9 aromatic carbocycles. The predicted molar refractivity (Wildman–Crippen MR) is 231 cm³/mol. The lowest BCUT2D eigenvalue weighted by atomic mass is 9.95. The zero-order valence-electron chi connectivity index (χ0n) is 29.9. The monoisotopic (exact) mass is 702 g/mol. The summed E-state index contributed by atoms with van der Waals surface area (Å²) in [5, 5.41) is 7.22. The van der Waals surface area contributed by atoms with Crippen LogP contribution in [0.4, 0.5) is 17.1 Å². The Morgan fingerprint density at radius 2 is 0.964 bits per heavy atom. The molecule has 11 rings (SSSR count). The van der Waals surface area contributed by atoms with Gasteiger partial charge in [0.25, 0.3) is 0 Å². The van der Waals surface area contributed by atoms with Gasteiger partial charge in [0, 0.05) is 44.3 Å². The molecule has 0 saturated heterocycles. The lowest BCUT2D eigenvalue weighted by Crippen LogP contribution is -2.10. The van der Waals surface area contributed by atoms with Gasteiger partial charge in [0.05, 0.1) is 11.0 Å². The molecule has 11 aromatic rings. The first kappa shape index (κ1) is 31.2. The Labute approximate surface area is 318 Å². The van der Waals surface area contributed by atoms with E-state index in [1.807, 2.05) is 12.1 Å². The number of benzene rings is 9. The van der Waals surface area contributed by atoms with E-state index in [4.69, 9.17) is 4.42 Å². The van der Waals surface area contributed by atoms with Crippen LogP contribution in [0.15, 0.2) is 211 Å². The number of furan rings is 1. The summed E-state index contributed by atoms with van der Waals surface area (Å²) in [6.07, 6.45) is 0. The zero-order valence-corrected chi connectivity index (χ0v) is 29.9. The van der Waals surface area contributed by atoms with Crippen LogP contribution in [0.25, 0.3) is 82.5 Å². The van der Waals surface area contributed by atoms with Gasteiger partial charge in [-0.1, -0.05) is 127 Å². The van der Waals surface area contributed by atoms with Gasteiger partial charge in [0.15, 0.2) is 0 Å². The summed E-state index contributed by atoms with van der Waals surface area (Å²) in [5.41, 5.74) is 13.4. The summed E-state index contributed by atoms with van der Waals surface area (Å²) in [5.74, 6) is 0. The second-order valence-electron chi connectivity index (χ2n) is 14.2. The summed E-state index contributed by atoms with van der Waals surface area (Å²) >= 11 is 0. The molecular weight excluding hydrogens is 669 g/mol. The molecule has 0 spiro atoms. The van der Waals surface area contributed by atoms with Crippen LogP contribution in [0, 0.1) is 0 Å². The molecule has 0 bridgehead atoms. The van der Waals surface area contributed by atoms with E-state index in [0.29, 0.717) is 0 Å². The molecule has 0 unspecified atom stereocenters. The molecule has 0 aliphatic rings. The van der Waals surface area contributed by atoms with Crippen molar-refractivity contribution in [3.8, 4) is 27.9 Å². The Kier molecular flexibility index (Phi) is 7.17. The van der Waals surface area contributed by atoms with E-state index in [9.17, 15) is 0 Å². The standard InChI is InChI=1S/C52H34N2O/c1-3-14-40(15-4-1)53(43-29-30-45-44-18-7-9-20-48(44)54(49(45)34-43)41-16-5-2-6-17-41)42-27-24-35(25-28-42)37-12-11-13-38(32-37)39-23-22-36-26-31-51-52(47(36)33-39)46-19-8-10-21-50(46)55-51/h1-34H. The van der Waals surface area contributed by atoms with Crippen LogP contribution in [0.5, 0.6) is 0 Å². The maximum atomic E-state index is 6.22. The van der Waals surface area contributed by atoms with Crippen LogP contribution in [0.1, 0.15) is 0 Å². The van der Waals surface area contributed by atoms with E-state index in [0.717, 1.165) is 39.3 Å². The van der Waals surface area contributed by atoms with Crippen LogP contribution in [-0.2, 0) is 0 Å². The maximum absolute atomic E-state index is 6.22. The van der Waals surface area contributed by atoms with Crippen molar-refractivity contribution in [2.75, 3.05) is 4.90 Å². The van der Waals surface area contributed by atoms with Crippen molar-refractivity contribution in [2.24, 2.45) is 0 Å². The molecule has 0 radical (unpaired) electrons. The first-order valence-electron chi connectivity index (χ1n) is 18.8. The van der Waals surface area contributed by atoms with Crippen molar-refractivity contribution in [1.29, 1.82) is 0 Å². The molecule has 0 saturated carbocycles. The van der Waals surface area contributed by atoms with Gasteiger partial charge in [0.2, 0.25) is 0 Å². The lowest BCUT2D eigenvalue weighted by molar-refractivity contribution is 0.669. The van der Waals surface area contributed by atoms with Crippen LogP contribution in [-0.4, -0.2) is 4.57 Å². The Hall–Kier alpha value is -7.36. The fraction of sp³-hybridized carbons (Fsp3) is 0. The summed E-state index contributed by atoms with van der Waals surface area (Å²) in [7, 11) is 0. The highest BCUT2D eigenvalue weighted by Crippen LogP contribution is 2.41.